The molecule has 28 heavy (non-hydrogen) atoms. The molecule has 0 aliphatic rings. The maximum Gasteiger partial charge on any atom is 0.346 e. The number of hydrogen-bond donors (Lipinski definition) is 0. The fraction of sp³-hybridized carbons (Fsp3) is 0.120. The molecule has 0 unspecified atom stereocenters. The maximum atomic E-state index is 12.2. The molecule has 0 radical (unpaired) electrons. The van der Waals surface area contributed by atoms with Gasteiger partial charge in [-0.2, -0.15) is 0 Å². The summed E-state index contributed by atoms with van der Waals surface area (Å²) in [6.07, 6.45) is 0. The van der Waals surface area contributed by atoms with E-state index in [1.807, 2.05) is 31.2 Å². The van der Waals surface area contributed by atoms with E-state index in [0.29, 0.717) is 5.56 Å². The predicted molar refractivity (Wildman–Crippen MR) is 113 cm³/mol. The van der Waals surface area contributed by atoms with Gasteiger partial charge in [-0.25, -0.2) is 4.79 Å². The number of ether oxygens (including phenoxy) is 1. The van der Waals surface area contributed by atoms with Crippen molar-refractivity contribution >= 4 is 34.0 Å². The standard InChI is InChI=1S/C25H20O3/c1-15-4-5-21-12-20(8-9-23(21)24(15)25(27)28-14-26)19-7-6-18-10-16(2)17(3)11-22(18)13-19/h4-14H,1-3H3. The summed E-state index contributed by atoms with van der Waals surface area (Å²) in [5.41, 5.74) is 5.97. The first-order chi connectivity index (χ1) is 13.5. The van der Waals surface area contributed by atoms with Crippen LogP contribution in [0.2, 0.25) is 0 Å². The highest BCUT2D eigenvalue weighted by Crippen LogP contribution is 2.31. The van der Waals surface area contributed by atoms with Gasteiger partial charge in [-0.1, -0.05) is 48.5 Å². The second-order valence-corrected chi connectivity index (χ2v) is 7.19. The molecule has 4 aromatic rings. The molecule has 0 aromatic heterocycles. The van der Waals surface area contributed by atoms with Gasteiger partial charge in [-0.15, -0.1) is 0 Å². The average molecular weight is 368 g/mol. The van der Waals surface area contributed by atoms with E-state index in [4.69, 9.17) is 0 Å². The van der Waals surface area contributed by atoms with Gasteiger partial charge in [-0.05, 0) is 82.3 Å². The first kappa shape index (κ1) is 17.9. The molecule has 0 spiro atoms. The van der Waals surface area contributed by atoms with Gasteiger partial charge in [0.15, 0.2) is 0 Å². The molecule has 0 amide bonds. The molecule has 3 heteroatoms. The number of aryl methyl sites for hydroxylation is 3. The Balaban J connectivity index is 1.85. The van der Waals surface area contributed by atoms with Crippen LogP contribution in [0.5, 0.6) is 0 Å². The van der Waals surface area contributed by atoms with Gasteiger partial charge in [0.1, 0.15) is 0 Å². The predicted octanol–water partition coefficient (Wildman–Crippen LogP) is 5.90. The average Bonchev–Trinajstić information content (AvgIpc) is 2.68. The van der Waals surface area contributed by atoms with Crippen LogP contribution in [0.15, 0.2) is 60.7 Å². The van der Waals surface area contributed by atoms with Crippen molar-refractivity contribution in [2.24, 2.45) is 0 Å². The molecule has 0 saturated heterocycles. The fourth-order valence-corrected chi connectivity index (χ4v) is 3.70. The Bertz CT molecular complexity index is 1250. The molecular weight excluding hydrogens is 348 g/mol. The van der Waals surface area contributed by atoms with Gasteiger partial charge in [-0.3, -0.25) is 4.79 Å². The van der Waals surface area contributed by atoms with E-state index in [2.05, 4.69) is 55.0 Å². The van der Waals surface area contributed by atoms with E-state index in [1.54, 1.807) is 0 Å². The van der Waals surface area contributed by atoms with Gasteiger partial charge >= 0.3 is 12.4 Å². The van der Waals surface area contributed by atoms with Crippen LogP contribution in [0.3, 0.4) is 0 Å². The lowest BCUT2D eigenvalue weighted by Crippen LogP contribution is -2.06. The molecule has 138 valence electrons. The third-order valence-electron chi connectivity index (χ3n) is 5.37. The van der Waals surface area contributed by atoms with Gasteiger partial charge in [0.25, 0.3) is 0 Å². The molecule has 0 bridgehead atoms. The third-order valence-corrected chi connectivity index (χ3v) is 5.37. The highest BCUT2D eigenvalue weighted by molar-refractivity contribution is 6.08. The Morgan fingerprint density at radius 2 is 1.32 bits per heavy atom. The van der Waals surface area contributed by atoms with Crippen LogP contribution in [0.1, 0.15) is 27.0 Å². The van der Waals surface area contributed by atoms with Crippen molar-refractivity contribution in [3.05, 3.63) is 82.9 Å². The number of fused-ring (bicyclic) bond motifs is 2. The molecule has 0 saturated carbocycles. The zero-order valence-corrected chi connectivity index (χ0v) is 16.1. The normalized spacial score (nSPS) is 11.0. The first-order valence-electron chi connectivity index (χ1n) is 9.17. The van der Waals surface area contributed by atoms with Crippen LogP contribution in [0, 0.1) is 20.8 Å². The summed E-state index contributed by atoms with van der Waals surface area (Å²) in [6.45, 7) is 6.26. The maximum absolute atomic E-state index is 12.2. The van der Waals surface area contributed by atoms with Crippen molar-refractivity contribution in [2.45, 2.75) is 20.8 Å². The van der Waals surface area contributed by atoms with Gasteiger partial charge in [0.2, 0.25) is 0 Å². The SMILES string of the molecule is Cc1cc2ccc(-c3ccc4c(C(=O)OC=O)c(C)ccc4c3)cc2cc1C. The summed E-state index contributed by atoms with van der Waals surface area (Å²) >= 11 is 0. The van der Waals surface area contributed by atoms with E-state index < -0.39 is 5.97 Å². The molecule has 0 heterocycles. The zero-order valence-electron chi connectivity index (χ0n) is 16.1. The van der Waals surface area contributed by atoms with Crippen molar-refractivity contribution in [2.75, 3.05) is 0 Å². The fourth-order valence-electron chi connectivity index (χ4n) is 3.70. The second-order valence-electron chi connectivity index (χ2n) is 7.19. The Kier molecular flexibility index (Phi) is 4.44. The lowest BCUT2D eigenvalue weighted by molar-refractivity contribution is -0.123. The zero-order chi connectivity index (χ0) is 19.8. The van der Waals surface area contributed by atoms with Crippen molar-refractivity contribution in [1.82, 2.24) is 0 Å². The van der Waals surface area contributed by atoms with E-state index in [1.165, 1.54) is 21.9 Å². The highest BCUT2D eigenvalue weighted by Gasteiger charge is 2.15. The van der Waals surface area contributed by atoms with Crippen LogP contribution >= 0.6 is 0 Å². The largest absolute Gasteiger partial charge is 0.392 e. The van der Waals surface area contributed by atoms with Crippen LogP contribution in [0.4, 0.5) is 0 Å². The molecule has 3 nitrogen and oxygen atoms in total. The highest BCUT2D eigenvalue weighted by atomic mass is 16.6. The number of hydrogen-bond acceptors (Lipinski definition) is 3. The number of carbonyl (C=O) groups is 2. The third kappa shape index (κ3) is 3.05. The molecule has 0 atom stereocenters. The lowest BCUT2D eigenvalue weighted by Gasteiger charge is -2.11. The lowest BCUT2D eigenvalue weighted by atomic mass is 9.94. The molecule has 0 N–H and O–H groups in total. The van der Waals surface area contributed by atoms with Gasteiger partial charge in [0.05, 0.1) is 5.56 Å². The summed E-state index contributed by atoms with van der Waals surface area (Å²) in [4.78, 5) is 22.8. The minimum atomic E-state index is -0.623. The Morgan fingerprint density at radius 1 is 0.714 bits per heavy atom. The first-order valence-corrected chi connectivity index (χ1v) is 9.17. The quantitative estimate of drug-likeness (QED) is 0.257. The van der Waals surface area contributed by atoms with Crippen molar-refractivity contribution in [3.8, 4) is 11.1 Å². The molecule has 0 aliphatic carbocycles. The summed E-state index contributed by atoms with van der Waals surface area (Å²) < 4.78 is 4.58. The summed E-state index contributed by atoms with van der Waals surface area (Å²) in [6, 6.07) is 20.7. The number of rotatable bonds is 3. The monoisotopic (exact) mass is 368 g/mol. The van der Waals surface area contributed by atoms with E-state index in [0.717, 1.165) is 27.5 Å². The Hall–Kier alpha value is -3.46. The van der Waals surface area contributed by atoms with Crippen molar-refractivity contribution in [1.29, 1.82) is 0 Å². The topological polar surface area (TPSA) is 43.4 Å². The van der Waals surface area contributed by atoms with Gasteiger partial charge in [0, 0.05) is 0 Å². The smallest absolute Gasteiger partial charge is 0.346 e. The molecular formula is C25H20O3. The Labute approximate surface area is 163 Å². The van der Waals surface area contributed by atoms with Crippen LogP contribution < -0.4 is 0 Å². The molecule has 0 aliphatic heterocycles. The van der Waals surface area contributed by atoms with Gasteiger partial charge < -0.3 is 4.74 Å². The molecule has 4 rings (SSSR count). The molecule has 0 fully saturated rings. The van der Waals surface area contributed by atoms with E-state index >= 15 is 0 Å². The van der Waals surface area contributed by atoms with Crippen molar-refractivity contribution < 1.29 is 14.3 Å². The number of esters is 1. The van der Waals surface area contributed by atoms with Crippen LogP contribution in [0.25, 0.3) is 32.7 Å². The number of benzene rings is 4. The summed E-state index contributed by atoms with van der Waals surface area (Å²) in [7, 11) is 0. The minimum absolute atomic E-state index is 0.174. The van der Waals surface area contributed by atoms with Crippen LogP contribution in [-0.2, 0) is 9.53 Å². The summed E-state index contributed by atoms with van der Waals surface area (Å²) in [5, 5.41) is 4.14. The van der Waals surface area contributed by atoms with Crippen LogP contribution in [-0.4, -0.2) is 12.4 Å². The number of carbonyl (C=O) groups excluding carboxylic acids is 2. The van der Waals surface area contributed by atoms with E-state index in [-0.39, 0.29) is 6.47 Å². The minimum Gasteiger partial charge on any atom is -0.392 e. The Morgan fingerprint density at radius 3 is 2.04 bits per heavy atom. The molecule has 4 aromatic carbocycles. The summed E-state index contributed by atoms with van der Waals surface area (Å²) in [5.74, 6) is -0.623. The second kappa shape index (κ2) is 6.93. The van der Waals surface area contributed by atoms with Crippen molar-refractivity contribution in [3.63, 3.8) is 0 Å². The van der Waals surface area contributed by atoms with E-state index in [9.17, 15) is 9.59 Å².